The van der Waals surface area contributed by atoms with E-state index in [9.17, 15) is 4.79 Å². The van der Waals surface area contributed by atoms with E-state index in [4.69, 9.17) is 10.5 Å². The lowest BCUT2D eigenvalue weighted by atomic mass is 10.0. The zero-order valence-corrected chi connectivity index (χ0v) is 13.2. The van der Waals surface area contributed by atoms with Gasteiger partial charge in [0.25, 0.3) is 5.91 Å². The summed E-state index contributed by atoms with van der Waals surface area (Å²) in [6.07, 6.45) is 4.45. The van der Waals surface area contributed by atoms with Gasteiger partial charge in [0.05, 0.1) is 12.1 Å². The van der Waals surface area contributed by atoms with E-state index in [1.165, 1.54) is 30.6 Å². The summed E-state index contributed by atoms with van der Waals surface area (Å²) in [5, 5.41) is 3.90. The Kier molecular flexibility index (Phi) is 4.03. The van der Waals surface area contributed by atoms with Crippen LogP contribution in [0.5, 0.6) is 0 Å². The van der Waals surface area contributed by atoms with Crippen LogP contribution < -0.4 is 16.0 Å². The maximum absolute atomic E-state index is 12.4. The molecule has 0 saturated carbocycles. The van der Waals surface area contributed by atoms with Crippen molar-refractivity contribution in [3.63, 3.8) is 0 Å². The molecule has 3 N–H and O–H groups in total. The summed E-state index contributed by atoms with van der Waals surface area (Å²) < 4.78 is 5.36. The molecule has 1 unspecified atom stereocenters. The normalized spacial score (nSPS) is 26.0. The standard InChI is InChI=1S/C14H22N4O2S/c1-14(5-8-20-9-14)17-12(19)10-11(15)16-13(21-10)18-6-3-2-4-7-18/h2-9,15H2,1H3,(H,17,19). The van der Waals surface area contributed by atoms with E-state index >= 15 is 0 Å². The summed E-state index contributed by atoms with van der Waals surface area (Å²) >= 11 is 1.39. The maximum atomic E-state index is 12.4. The highest BCUT2D eigenvalue weighted by Gasteiger charge is 2.33. The van der Waals surface area contributed by atoms with Crippen LogP contribution >= 0.6 is 11.3 Å². The molecule has 2 aliphatic heterocycles. The fraction of sp³-hybridized carbons (Fsp3) is 0.714. The number of nitrogens with one attached hydrogen (secondary N) is 1. The van der Waals surface area contributed by atoms with Crippen LogP contribution in [0, 0.1) is 0 Å². The highest BCUT2D eigenvalue weighted by atomic mass is 32.1. The van der Waals surface area contributed by atoms with Crippen molar-refractivity contribution >= 4 is 28.2 Å². The van der Waals surface area contributed by atoms with E-state index < -0.39 is 0 Å². The molecule has 2 fully saturated rings. The van der Waals surface area contributed by atoms with Gasteiger partial charge in [0.1, 0.15) is 10.7 Å². The number of anilines is 2. The molecule has 2 aliphatic rings. The summed E-state index contributed by atoms with van der Waals surface area (Å²) in [5.41, 5.74) is 5.65. The van der Waals surface area contributed by atoms with Gasteiger partial charge in [-0.15, -0.1) is 0 Å². The maximum Gasteiger partial charge on any atom is 0.265 e. The van der Waals surface area contributed by atoms with Crippen LogP contribution in [0.25, 0.3) is 0 Å². The molecule has 1 atom stereocenters. The second-order valence-electron chi connectivity index (χ2n) is 6.08. The molecule has 2 saturated heterocycles. The van der Waals surface area contributed by atoms with Gasteiger partial charge in [-0.1, -0.05) is 11.3 Å². The summed E-state index contributed by atoms with van der Waals surface area (Å²) in [7, 11) is 0. The highest BCUT2D eigenvalue weighted by Crippen LogP contribution is 2.30. The number of rotatable bonds is 3. The number of amides is 1. The van der Waals surface area contributed by atoms with E-state index in [0.717, 1.165) is 24.6 Å². The molecule has 1 aromatic rings. The first-order valence-electron chi connectivity index (χ1n) is 7.49. The van der Waals surface area contributed by atoms with Gasteiger partial charge in [0.15, 0.2) is 5.13 Å². The van der Waals surface area contributed by atoms with Crippen molar-refractivity contribution in [2.45, 2.75) is 38.1 Å². The molecule has 3 rings (SSSR count). The minimum Gasteiger partial charge on any atom is -0.382 e. The molecule has 6 nitrogen and oxygen atoms in total. The Bertz CT molecular complexity index is 519. The molecule has 1 aromatic heterocycles. The van der Waals surface area contributed by atoms with Crippen LogP contribution in [-0.4, -0.2) is 42.7 Å². The summed E-state index contributed by atoms with van der Waals surface area (Å²) in [6.45, 7) is 5.24. The molecule has 116 valence electrons. The van der Waals surface area contributed by atoms with E-state index in [2.05, 4.69) is 15.2 Å². The van der Waals surface area contributed by atoms with Crippen molar-refractivity contribution in [1.29, 1.82) is 0 Å². The van der Waals surface area contributed by atoms with Crippen LogP contribution in [0.4, 0.5) is 10.9 Å². The third-order valence-corrected chi connectivity index (χ3v) is 5.24. The number of aromatic nitrogens is 1. The van der Waals surface area contributed by atoms with Crippen LogP contribution in [0.1, 0.15) is 42.3 Å². The smallest absolute Gasteiger partial charge is 0.265 e. The van der Waals surface area contributed by atoms with Crippen LogP contribution in [0.3, 0.4) is 0 Å². The second kappa shape index (κ2) is 5.81. The average Bonchev–Trinajstić information content (AvgIpc) is 3.06. The van der Waals surface area contributed by atoms with E-state index in [-0.39, 0.29) is 11.4 Å². The molecule has 0 aromatic carbocycles. The Labute approximate surface area is 128 Å². The topological polar surface area (TPSA) is 80.5 Å². The fourth-order valence-electron chi connectivity index (χ4n) is 2.80. The number of hydrogen-bond donors (Lipinski definition) is 2. The van der Waals surface area contributed by atoms with Gasteiger partial charge < -0.3 is 20.7 Å². The van der Waals surface area contributed by atoms with Gasteiger partial charge in [-0.25, -0.2) is 4.98 Å². The first-order chi connectivity index (χ1) is 10.1. The van der Waals surface area contributed by atoms with Gasteiger partial charge >= 0.3 is 0 Å². The van der Waals surface area contributed by atoms with Crippen molar-refractivity contribution in [1.82, 2.24) is 10.3 Å². The largest absolute Gasteiger partial charge is 0.382 e. The first-order valence-corrected chi connectivity index (χ1v) is 8.31. The molecule has 3 heterocycles. The highest BCUT2D eigenvalue weighted by molar-refractivity contribution is 7.18. The van der Waals surface area contributed by atoms with Gasteiger partial charge in [-0.3, -0.25) is 4.79 Å². The zero-order chi connectivity index (χ0) is 14.9. The monoisotopic (exact) mass is 310 g/mol. The van der Waals surface area contributed by atoms with Crippen LogP contribution in [0.15, 0.2) is 0 Å². The van der Waals surface area contributed by atoms with Gasteiger partial charge in [-0.05, 0) is 32.6 Å². The van der Waals surface area contributed by atoms with E-state index in [0.29, 0.717) is 23.9 Å². The van der Waals surface area contributed by atoms with E-state index in [1.54, 1.807) is 0 Å². The molecule has 0 radical (unpaired) electrons. The minimum absolute atomic E-state index is 0.138. The van der Waals surface area contributed by atoms with Gasteiger partial charge in [0, 0.05) is 19.7 Å². The third kappa shape index (κ3) is 3.13. The summed E-state index contributed by atoms with van der Waals surface area (Å²) in [4.78, 5) is 19.6. The van der Waals surface area contributed by atoms with Gasteiger partial charge in [0.2, 0.25) is 0 Å². The lowest BCUT2D eigenvalue weighted by molar-refractivity contribution is 0.0894. The lowest BCUT2D eigenvalue weighted by Crippen LogP contribution is -2.46. The Balaban J connectivity index is 1.72. The Morgan fingerprint density at radius 3 is 2.86 bits per heavy atom. The quantitative estimate of drug-likeness (QED) is 0.887. The lowest BCUT2D eigenvalue weighted by Gasteiger charge is -2.25. The van der Waals surface area contributed by atoms with Crippen molar-refractivity contribution in [3.05, 3.63) is 4.88 Å². The Morgan fingerprint density at radius 2 is 2.19 bits per heavy atom. The summed E-state index contributed by atoms with van der Waals surface area (Å²) in [6, 6.07) is 0. The first kappa shape index (κ1) is 14.6. The molecule has 21 heavy (non-hydrogen) atoms. The SMILES string of the molecule is CC1(NC(=O)c2sc(N3CCCCC3)nc2N)CCOC1. The molecule has 7 heteroatoms. The number of hydrogen-bond acceptors (Lipinski definition) is 6. The number of nitrogen functional groups attached to an aromatic ring is 1. The third-order valence-electron chi connectivity index (χ3n) is 4.11. The second-order valence-corrected chi connectivity index (χ2v) is 7.05. The molecular weight excluding hydrogens is 288 g/mol. The van der Waals surface area contributed by atoms with Crippen LogP contribution in [0.2, 0.25) is 0 Å². The number of nitrogens with two attached hydrogens (primary N) is 1. The number of piperidine rings is 1. The molecule has 0 bridgehead atoms. The van der Waals surface area contributed by atoms with Crippen molar-refractivity contribution < 1.29 is 9.53 Å². The van der Waals surface area contributed by atoms with Crippen molar-refractivity contribution in [2.75, 3.05) is 36.9 Å². The Morgan fingerprint density at radius 1 is 1.43 bits per heavy atom. The van der Waals surface area contributed by atoms with Crippen LogP contribution in [-0.2, 0) is 4.74 Å². The number of ether oxygens (including phenoxy) is 1. The number of nitrogens with zero attached hydrogens (tertiary/aromatic N) is 2. The molecule has 0 aliphatic carbocycles. The molecular formula is C14H22N4O2S. The number of thiazole rings is 1. The molecule has 0 spiro atoms. The zero-order valence-electron chi connectivity index (χ0n) is 12.4. The van der Waals surface area contributed by atoms with Crippen molar-refractivity contribution in [2.24, 2.45) is 0 Å². The Hall–Kier alpha value is -1.34. The number of carbonyl (C=O) groups excluding carboxylic acids is 1. The predicted octanol–water partition coefficient (Wildman–Crippen LogP) is 1.62. The predicted molar refractivity (Wildman–Crippen MR) is 83.9 cm³/mol. The average molecular weight is 310 g/mol. The van der Waals surface area contributed by atoms with Crippen molar-refractivity contribution in [3.8, 4) is 0 Å². The fourth-order valence-corrected chi connectivity index (χ4v) is 3.73. The van der Waals surface area contributed by atoms with Gasteiger partial charge in [-0.2, -0.15) is 0 Å². The summed E-state index contributed by atoms with van der Waals surface area (Å²) in [5.74, 6) is 0.196. The molecule has 1 amide bonds. The van der Waals surface area contributed by atoms with E-state index in [1.807, 2.05) is 6.92 Å². The number of carbonyl (C=O) groups is 1. The minimum atomic E-state index is -0.293.